The minimum Gasteiger partial charge on any atom is -0.448 e. The molecule has 9 nitrogen and oxygen atoms in total. The van der Waals surface area contributed by atoms with E-state index in [2.05, 4.69) is 20.6 Å². The predicted molar refractivity (Wildman–Crippen MR) is 87.0 cm³/mol. The SMILES string of the molecule is CCOC(=O)N1N=C(c2nnnn2-c2ccccc2)CC2CCOC21. The standard InChI is InChI=1S/C16H18N6O3/c1-2-24-16(23)22-15-11(8-9-25-15)10-13(18-22)14-17-19-20-21(14)12-6-4-3-5-7-12/h3-7,11,15H,2,8-10H2,1H3. The zero-order valence-electron chi connectivity index (χ0n) is 13.8. The first-order chi connectivity index (χ1) is 12.3. The van der Waals surface area contributed by atoms with Crippen molar-refractivity contribution in [3.05, 3.63) is 36.2 Å². The maximum atomic E-state index is 12.3. The van der Waals surface area contributed by atoms with Crippen LogP contribution in [0.2, 0.25) is 0 Å². The van der Waals surface area contributed by atoms with E-state index in [0.717, 1.165) is 12.1 Å². The van der Waals surface area contributed by atoms with E-state index in [-0.39, 0.29) is 18.8 Å². The van der Waals surface area contributed by atoms with Gasteiger partial charge in [-0.15, -0.1) is 5.10 Å². The van der Waals surface area contributed by atoms with Gasteiger partial charge in [0.1, 0.15) is 5.71 Å². The summed E-state index contributed by atoms with van der Waals surface area (Å²) in [4.78, 5) is 12.3. The summed E-state index contributed by atoms with van der Waals surface area (Å²) < 4.78 is 12.4. The summed E-state index contributed by atoms with van der Waals surface area (Å²) in [5, 5.41) is 17.7. The Labute approximate surface area is 144 Å². The number of aromatic nitrogens is 4. The molecule has 1 saturated heterocycles. The molecular formula is C16H18N6O3. The predicted octanol–water partition coefficient (Wildman–Crippen LogP) is 1.59. The van der Waals surface area contributed by atoms with Crippen molar-refractivity contribution in [1.29, 1.82) is 0 Å². The van der Waals surface area contributed by atoms with Crippen molar-refractivity contribution in [2.45, 2.75) is 26.0 Å². The Morgan fingerprint density at radius 1 is 1.36 bits per heavy atom. The molecule has 1 aromatic heterocycles. The zero-order chi connectivity index (χ0) is 17.2. The molecule has 0 saturated carbocycles. The van der Waals surface area contributed by atoms with Gasteiger partial charge in [-0.2, -0.15) is 14.8 Å². The lowest BCUT2D eigenvalue weighted by molar-refractivity contribution is -0.0393. The van der Waals surface area contributed by atoms with Gasteiger partial charge < -0.3 is 9.47 Å². The number of fused-ring (bicyclic) bond motifs is 1. The minimum atomic E-state index is -0.518. The van der Waals surface area contributed by atoms with E-state index in [1.165, 1.54) is 5.01 Å². The molecule has 0 radical (unpaired) electrons. The van der Waals surface area contributed by atoms with Crippen LogP contribution in [0.15, 0.2) is 35.4 Å². The van der Waals surface area contributed by atoms with Crippen LogP contribution in [0, 0.1) is 5.92 Å². The molecule has 0 spiro atoms. The molecule has 25 heavy (non-hydrogen) atoms. The van der Waals surface area contributed by atoms with Crippen molar-refractivity contribution in [1.82, 2.24) is 25.2 Å². The molecule has 4 rings (SSSR count). The first-order valence-electron chi connectivity index (χ1n) is 8.27. The Morgan fingerprint density at radius 3 is 3.00 bits per heavy atom. The Hall–Kier alpha value is -2.81. The third-order valence-corrected chi connectivity index (χ3v) is 4.29. The molecule has 1 aromatic carbocycles. The van der Waals surface area contributed by atoms with E-state index in [9.17, 15) is 4.79 Å². The molecule has 2 atom stereocenters. The Balaban J connectivity index is 1.71. The van der Waals surface area contributed by atoms with Crippen LogP contribution < -0.4 is 0 Å². The lowest BCUT2D eigenvalue weighted by Gasteiger charge is -2.31. The summed E-state index contributed by atoms with van der Waals surface area (Å²) in [5.74, 6) is 0.670. The van der Waals surface area contributed by atoms with Crippen LogP contribution >= 0.6 is 0 Å². The third kappa shape index (κ3) is 2.86. The van der Waals surface area contributed by atoms with Crippen LogP contribution in [0.4, 0.5) is 4.79 Å². The molecule has 0 N–H and O–H groups in total. The average Bonchev–Trinajstić information content (AvgIpc) is 3.31. The highest BCUT2D eigenvalue weighted by Gasteiger charge is 2.42. The largest absolute Gasteiger partial charge is 0.448 e. The molecule has 1 amide bonds. The summed E-state index contributed by atoms with van der Waals surface area (Å²) >= 11 is 0. The molecule has 0 bridgehead atoms. The van der Waals surface area contributed by atoms with Gasteiger partial charge in [0, 0.05) is 18.9 Å². The summed E-state index contributed by atoms with van der Waals surface area (Å²) in [6, 6.07) is 9.57. The molecule has 0 aliphatic carbocycles. The van der Waals surface area contributed by atoms with Crippen molar-refractivity contribution in [2.75, 3.05) is 13.2 Å². The van der Waals surface area contributed by atoms with Gasteiger partial charge in [-0.1, -0.05) is 18.2 Å². The van der Waals surface area contributed by atoms with Gasteiger partial charge in [0.2, 0.25) is 5.82 Å². The summed E-state index contributed by atoms with van der Waals surface area (Å²) in [5.41, 5.74) is 1.48. The number of ether oxygens (including phenoxy) is 2. The number of benzene rings is 1. The van der Waals surface area contributed by atoms with Crippen LogP contribution in [0.25, 0.3) is 5.69 Å². The molecule has 2 aromatic rings. The number of hydrazone groups is 1. The van der Waals surface area contributed by atoms with Gasteiger partial charge in [0.05, 0.1) is 12.3 Å². The number of hydrogen-bond donors (Lipinski definition) is 0. The smallest absolute Gasteiger partial charge is 0.432 e. The number of amides is 1. The second kappa shape index (κ2) is 6.60. The summed E-state index contributed by atoms with van der Waals surface area (Å²) in [7, 11) is 0. The highest BCUT2D eigenvalue weighted by Crippen LogP contribution is 2.33. The number of carbonyl (C=O) groups is 1. The number of nitrogens with zero attached hydrogens (tertiary/aromatic N) is 6. The van der Waals surface area contributed by atoms with Crippen LogP contribution in [0.5, 0.6) is 0 Å². The molecule has 9 heteroatoms. The van der Waals surface area contributed by atoms with Gasteiger partial charge in [0.15, 0.2) is 6.23 Å². The van der Waals surface area contributed by atoms with Gasteiger partial charge in [-0.05, 0) is 35.9 Å². The molecule has 130 valence electrons. The van der Waals surface area contributed by atoms with Crippen molar-refractivity contribution in [3.63, 3.8) is 0 Å². The third-order valence-electron chi connectivity index (χ3n) is 4.29. The van der Waals surface area contributed by atoms with E-state index >= 15 is 0 Å². The van der Waals surface area contributed by atoms with Crippen molar-refractivity contribution >= 4 is 11.8 Å². The van der Waals surface area contributed by atoms with E-state index in [1.54, 1.807) is 11.6 Å². The second-order valence-electron chi connectivity index (χ2n) is 5.85. The van der Waals surface area contributed by atoms with E-state index in [0.29, 0.717) is 24.6 Å². The minimum absolute atomic E-state index is 0.151. The van der Waals surface area contributed by atoms with E-state index in [4.69, 9.17) is 9.47 Å². The fraction of sp³-hybridized carbons (Fsp3) is 0.438. The first-order valence-corrected chi connectivity index (χ1v) is 8.27. The average molecular weight is 342 g/mol. The molecule has 2 unspecified atom stereocenters. The first kappa shape index (κ1) is 15.7. The van der Waals surface area contributed by atoms with Crippen LogP contribution in [-0.4, -0.2) is 56.5 Å². The second-order valence-corrected chi connectivity index (χ2v) is 5.85. The number of tetrazole rings is 1. The lowest BCUT2D eigenvalue weighted by Crippen LogP contribution is -2.45. The fourth-order valence-corrected chi connectivity index (χ4v) is 3.15. The van der Waals surface area contributed by atoms with Crippen LogP contribution in [0.1, 0.15) is 25.6 Å². The normalized spacial score (nSPS) is 22.4. The van der Waals surface area contributed by atoms with E-state index in [1.807, 2.05) is 30.3 Å². The van der Waals surface area contributed by atoms with Gasteiger partial charge in [0.25, 0.3) is 0 Å². The maximum absolute atomic E-state index is 12.3. The zero-order valence-corrected chi connectivity index (χ0v) is 13.8. The number of rotatable bonds is 3. The highest BCUT2D eigenvalue weighted by atomic mass is 16.6. The summed E-state index contributed by atoms with van der Waals surface area (Å²) in [6.07, 6.45) is 0.597. The van der Waals surface area contributed by atoms with Gasteiger partial charge in [-0.25, -0.2) is 4.79 Å². The topological polar surface area (TPSA) is 94.7 Å². The Kier molecular flexibility index (Phi) is 4.14. The molecule has 1 fully saturated rings. The number of hydrogen-bond acceptors (Lipinski definition) is 7. The summed E-state index contributed by atoms with van der Waals surface area (Å²) in [6.45, 7) is 2.63. The van der Waals surface area contributed by atoms with Crippen molar-refractivity contribution in [3.8, 4) is 5.69 Å². The number of carbonyl (C=O) groups excluding carboxylic acids is 1. The fourth-order valence-electron chi connectivity index (χ4n) is 3.15. The Morgan fingerprint density at radius 2 is 2.20 bits per heavy atom. The molecule has 2 aliphatic heterocycles. The monoisotopic (exact) mass is 342 g/mol. The maximum Gasteiger partial charge on any atom is 0.432 e. The van der Waals surface area contributed by atoms with E-state index < -0.39 is 6.09 Å². The highest BCUT2D eigenvalue weighted by molar-refractivity contribution is 5.99. The van der Waals surface area contributed by atoms with Gasteiger partial charge in [-0.3, -0.25) is 0 Å². The van der Waals surface area contributed by atoms with Crippen LogP contribution in [0.3, 0.4) is 0 Å². The van der Waals surface area contributed by atoms with Gasteiger partial charge >= 0.3 is 6.09 Å². The molecule has 3 heterocycles. The van der Waals surface area contributed by atoms with Crippen molar-refractivity contribution in [2.24, 2.45) is 11.0 Å². The lowest BCUT2D eigenvalue weighted by atomic mass is 9.96. The quantitative estimate of drug-likeness (QED) is 0.841. The molecular weight excluding hydrogens is 324 g/mol. The Bertz CT molecular complexity index is 790. The van der Waals surface area contributed by atoms with Crippen LogP contribution in [-0.2, 0) is 9.47 Å². The molecule has 2 aliphatic rings. The number of para-hydroxylation sites is 1. The van der Waals surface area contributed by atoms with Crippen molar-refractivity contribution < 1.29 is 14.3 Å².